The number of hydrogen-bond acceptors (Lipinski definition) is 4. The molecule has 1 aromatic rings. The second-order valence-corrected chi connectivity index (χ2v) is 5.99. The number of nitrogens with one attached hydrogen (secondary N) is 2. The number of aromatic nitrogens is 1. The third-order valence-corrected chi connectivity index (χ3v) is 4.11. The van der Waals surface area contributed by atoms with Crippen LogP contribution >= 0.6 is 0 Å². The van der Waals surface area contributed by atoms with Gasteiger partial charge >= 0.3 is 0 Å². The van der Waals surface area contributed by atoms with Crippen LogP contribution in [0.4, 0.5) is 0 Å². The van der Waals surface area contributed by atoms with Crippen molar-refractivity contribution in [2.45, 2.75) is 33.6 Å². The van der Waals surface area contributed by atoms with E-state index in [1.165, 1.54) is 27.2 Å². The lowest BCUT2D eigenvalue weighted by molar-refractivity contribution is 0.839. The van der Waals surface area contributed by atoms with Gasteiger partial charge in [0.05, 0.1) is 5.69 Å². The molecule has 1 aliphatic rings. The molecule has 0 atom stereocenters. The monoisotopic (exact) mass is 312 g/mol. The Hall–Kier alpha value is -2.07. The van der Waals surface area contributed by atoms with Gasteiger partial charge in [0, 0.05) is 37.1 Å². The zero-order valence-corrected chi connectivity index (χ0v) is 14.4. The fourth-order valence-electron chi connectivity index (χ4n) is 2.73. The molecule has 4 nitrogen and oxygen atoms in total. The first-order valence-electron chi connectivity index (χ1n) is 8.32. The van der Waals surface area contributed by atoms with Crippen molar-refractivity contribution in [2.24, 2.45) is 5.73 Å². The predicted octanol–water partition coefficient (Wildman–Crippen LogP) is 0.924. The number of dihydropyridines is 1. The summed E-state index contributed by atoms with van der Waals surface area (Å²) in [6.45, 7) is 8.81. The maximum absolute atomic E-state index is 5.74. The molecule has 0 saturated carbocycles. The molecule has 2 heterocycles. The van der Waals surface area contributed by atoms with Gasteiger partial charge in [0.1, 0.15) is 0 Å². The van der Waals surface area contributed by atoms with E-state index in [9.17, 15) is 0 Å². The van der Waals surface area contributed by atoms with Gasteiger partial charge in [-0.25, -0.2) is 0 Å². The molecule has 0 saturated heterocycles. The molecule has 0 bridgehead atoms. The van der Waals surface area contributed by atoms with Crippen molar-refractivity contribution in [1.82, 2.24) is 15.6 Å². The first-order valence-corrected chi connectivity index (χ1v) is 8.32. The molecule has 0 spiro atoms. The van der Waals surface area contributed by atoms with E-state index in [1.54, 1.807) is 0 Å². The molecule has 0 aromatic carbocycles. The highest BCUT2D eigenvalue weighted by molar-refractivity contribution is 5.44. The molecule has 0 fully saturated rings. The maximum atomic E-state index is 5.74. The van der Waals surface area contributed by atoms with Gasteiger partial charge in [-0.05, 0) is 55.4 Å². The molecule has 2 rings (SSSR count). The zero-order valence-electron chi connectivity index (χ0n) is 14.4. The fraction of sp³-hybridized carbons (Fsp3) is 0.421. The number of allylic oxidation sites excluding steroid dienone is 2. The van der Waals surface area contributed by atoms with Crippen molar-refractivity contribution >= 4 is 11.8 Å². The third kappa shape index (κ3) is 4.70. The summed E-state index contributed by atoms with van der Waals surface area (Å²) in [5, 5.41) is 9.19. The van der Waals surface area contributed by atoms with Crippen LogP contribution in [0.25, 0.3) is 11.8 Å². The number of rotatable bonds is 6. The van der Waals surface area contributed by atoms with E-state index >= 15 is 0 Å². The molecule has 0 radical (unpaired) electrons. The Labute approximate surface area is 138 Å². The highest BCUT2D eigenvalue weighted by Crippen LogP contribution is 2.04. The largest absolute Gasteiger partial charge is 0.387 e. The van der Waals surface area contributed by atoms with Crippen LogP contribution in [0.3, 0.4) is 0 Å². The summed E-state index contributed by atoms with van der Waals surface area (Å²) in [4.78, 5) is 4.52. The SMILES string of the molecule is CC/C(C)=c1/ccnc(CCN)/c1=C/NCC1=CC(C)=CNC1. The van der Waals surface area contributed by atoms with Crippen molar-refractivity contribution in [3.63, 3.8) is 0 Å². The van der Waals surface area contributed by atoms with Gasteiger partial charge in [-0.1, -0.05) is 18.6 Å². The van der Waals surface area contributed by atoms with Crippen LogP contribution in [0.2, 0.25) is 0 Å². The van der Waals surface area contributed by atoms with Gasteiger partial charge in [-0.2, -0.15) is 0 Å². The Morgan fingerprint density at radius 1 is 1.48 bits per heavy atom. The minimum absolute atomic E-state index is 0.613. The van der Waals surface area contributed by atoms with E-state index in [0.29, 0.717) is 6.54 Å². The number of pyridine rings is 1. The van der Waals surface area contributed by atoms with Gasteiger partial charge in [-0.15, -0.1) is 0 Å². The highest BCUT2D eigenvalue weighted by atomic mass is 14.9. The van der Waals surface area contributed by atoms with Crippen LogP contribution in [-0.4, -0.2) is 24.6 Å². The second kappa shape index (κ2) is 8.53. The van der Waals surface area contributed by atoms with Gasteiger partial charge in [0.15, 0.2) is 0 Å². The standard InChI is InChI=1S/C19H28N4/c1-4-15(3)17-6-8-23-19(5-7-20)18(17)13-22-12-16-9-14(2)10-21-11-16/h6,8-10,13,21-22H,4-5,7,11-12,20H2,1-3H3/b17-15-,18-13+. The number of nitrogens with zero attached hydrogens (tertiary/aromatic N) is 1. The molecule has 1 aromatic heterocycles. The minimum atomic E-state index is 0.613. The quantitative estimate of drug-likeness (QED) is 0.731. The third-order valence-electron chi connectivity index (χ3n) is 4.11. The second-order valence-electron chi connectivity index (χ2n) is 5.99. The molecule has 0 unspecified atom stereocenters. The molecular weight excluding hydrogens is 284 g/mol. The molecule has 0 aliphatic carbocycles. The van der Waals surface area contributed by atoms with E-state index in [-0.39, 0.29) is 0 Å². The van der Waals surface area contributed by atoms with Crippen LogP contribution in [0.5, 0.6) is 0 Å². The minimum Gasteiger partial charge on any atom is -0.387 e. The summed E-state index contributed by atoms with van der Waals surface area (Å²) in [6.07, 6.45) is 10.1. The summed E-state index contributed by atoms with van der Waals surface area (Å²) in [5.74, 6) is 0. The van der Waals surface area contributed by atoms with Crippen molar-refractivity contribution in [3.05, 3.63) is 51.8 Å². The molecule has 1 aliphatic heterocycles. The van der Waals surface area contributed by atoms with Gasteiger partial charge in [-0.3, -0.25) is 4.98 Å². The Morgan fingerprint density at radius 2 is 2.30 bits per heavy atom. The van der Waals surface area contributed by atoms with Crippen molar-refractivity contribution in [1.29, 1.82) is 0 Å². The van der Waals surface area contributed by atoms with Crippen LogP contribution in [-0.2, 0) is 6.42 Å². The molecule has 23 heavy (non-hydrogen) atoms. The zero-order chi connectivity index (χ0) is 16.7. The van der Waals surface area contributed by atoms with Crippen molar-refractivity contribution < 1.29 is 0 Å². The number of hydrogen-bond donors (Lipinski definition) is 3. The highest BCUT2D eigenvalue weighted by Gasteiger charge is 2.02. The first-order chi connectivity index (χ1) is 11.2. The van der Waals surface area contributed by atoms with Crippen molar-refractivity contribution in [2.75, 3.05) is 19.6 Å². The average Bonchev–Trinajstić information content (AvgIpc) is 2.55. The molecule has 4 N–H and O–H groups in total. The summed E-state index contributed by atoms with van der Waals surface area (Å²) in [6, 6.07) is 2.10. The molecule has 124 valence electrons. The van der Waals surface area contributed by atoms with Crippen LogP contribution in [0.1, 0.15) is 32.9 Å². The van der Waals surface area contributed by atoms with E-state index in [2.05, 4.69) is 54.7 Å². The van der Waals surface area contributed by atoms with E-state index < -0.39 is 0 Å². The predicted molar refractivity (Wildman–Crippen MR) is 97.9 cm³/mol. The lowest BCUT2D eigenvalue weighted by atomic mass is 10.1. The summed E-state index contributed by atoms with van der Waals surface area (Å²) >= 11 is 0. The molecule has 4 heteroatoms. The summed E-state index contributed by atoms with van der Waals surface area (Å²) < 4.78 is 0. The van der Waals surface area contributed by atoms with Gasteiger partial charge < -0.3 is 16.4 Å². The molecular formula is C19H28N4. The van der Waals surface area contributed by atoms with E-state index in [1.807, 2.05) is 12.4 Å². The maximum Gasteiger partial charge on any atom is 0.0508 e. The first kappa shape index (κ1) is 17.3. The smallest absolute Gasteiger partial charge is 0.0508 e. The Bertz CT molecular complexity index is 713. The fourth-order valence-corrected chi connectivity index (χ4v) is 2.73. The van der Waals surface area contributed by atoms with Gasteiger partial charge in [0.2, 0.25) is 0 Å². The van der Waals surface area contributed by atoms with Crippen molar-refractivity contribution in [3.8, 4) is 0 Å². The van der Waals surface area contributed by atoms with Crippen LogP contribution in [0.15, 0.2) is 35.7 Å². The molecule has 0 amide bonds. The normalized spacial score (nSPS) is 16.4. The van der Waals surface area contributed by atoms with Crippen LogP contribution in [0, 0.1) is 0 Å². The lowest BCUT2D eigenvalue weighted by Crippen LogP contribution is -2.35. The summed E-state index contributed by atoms with van der Waals surface area (Å²) in [5.41, 5.74) is 10.8. The Morgan fingerprint density at radius 3 is 3.00 bits per heavy atom. The van der Waals surface area contributed by atoms with Crippen LogP contribution < -0.4 is 26.8 Å². The lowest BCUT2D eigenvalue weighted by Gasteiger charge is -2.13. The topological polar surface area (TPSA) is 63.0 Å². The summed E-state index contributed by atoms with van der Waals surface area (Å²) in [7, 11) is 0. The Balaban J connectivity index is 2.31. The van der Waals surface area contributed by atoms with E-state index in [4.69, 9.17) is 5.73 Å². The number of nitrogens with two attached hydrogens (primary N) is 1. The average molecular weight is 312 g/mol. The van der Waals surface area contributed by atoms with E-state index in [0.717, 1.165) is 31.6 Å². The Kier molecular flexibility index (Phi) is 6.41. The van der Waals surface area contributed by atoms with Gasteiger partial charge in [0.25, 0.3) is 0 Å².